The second-order valence-corrected chi connectivity index (χ2v) is 7.58. The van der Waals surface area contributed by atoms with Gasteiger partial charge in [0.15, 0.2) is 0 Å². The number of imide groups is 1. The molecule has 0 unspecified atom stereocenters. The smallest absolute Gasteiger partial charge is 0.406 e. The molecule has 0 saturated heterocycles. The lowest BCUT2D eigenvalue weighted by Crippen LogP contribution is -2.35. The van der Waals surface area contributed by atoms with Crippen LogP contribution in [0.5, 0.6) is 5.75 Å². The minimum atomic E-state index is -4.86. The van der Waals surface area contributed by atoms with Crippen molar-refractivity contribution in [2.75, 3.05) is 18.5 Å². The first-order valence-electron chi connectivity index (χ1n) is 9.66. The molecule has 3 rings (SSSR count). The maximum absolute atomic E-state index is 13.1. The molecular formula is C22H20ClF3N2O4. The highest BCUT2D eigenvalue weighted by Crippen LogP contribution is 2.32. The summed E-state index contributed by atoms with van der Waals surface area (Å²) in [6, 6.07) is 11.3. The number of hydrogen-bond acceptors (Lipinski definition) is 5. The minimum absolute atomic E-state index is 0.0232. The monoisotopic (exact) mass is 468 g/mol. The normalized spacial score (nSPS) is 14.5. The molecule has 0 radical (unpaired) electrons. The zero-order chi connectivity index (χ0) is 23.5. The summed E-state index contributed by atoms with van der Waals surface area (Å²) in [4.78, 5) is 27.2. The van der Waals surface area contributed by atoms with E-state index >= 15 is 0 Å². The van der Waals surface area contributed by atoms with Gasteiger partial charge in [0.2, 0.25) is 0 Å². The molecule has 2 amide bonds. The summed E-state index contributed by atoms with van der Waals surface area (Å²) in [6.07, 6.45) is -4.95. The van der Waals surface area contributed by atoms with Crippen molar-refractivity contribution in [3.05, 3.63) is 64.8 Å². The Morgan fingerprint density at radius 3 is 2.38 bits per heavy atom. The third kappa shape index (κ3) is 5.80. The molecule has 32 heavy (non-hydrogen) atoms. The Bertz CT molecular complexity index is 1040. The van der Waals surface area contributed by atoms with Gasteiger partial charge in [-0.05, 0) is 43.7 Å². The van der Waals surface area contributed by atoms with E-state index in [1.165, 1.54) is 12.1 Å². The molecule has 1 N–H and O–H groups in total. The molecule has 0 saturated carbocycles. The van der Waals surface area contributed by atoms with Gasteiger partial charge in [0.1, 0.15) is 11.4 Å². The fourth-order valence-electron chi connectivity index (χ4n) is 3.07. The first kappa shape index (κ1) is 23.6. The Morgan fingerprint density at radius 2 is 1.75 bits per heavy atom. The number of rotatable bonds is 8. The molecule has 0 fully saturated rings. The number of carbonyl (C=O) groups excluding carboxylic acids is 2. The van der Waals surface area contributed by atoms with Crippen molar-refractivity contribution >= 4 is 34.7 Å². The Labute approximate surface area is 187 Å². The topological polar surface area (TPSA) is 67.9 Å². The molecule has 0 bridgehead atoms. The van der Waals surface area contributed by atoms with Gasteiger partial charge in [0.05, 0.1) is 24.8 Å². The molecule has 0 aromatic heterocycles. The lowest BCUT2D eigenvalue weighted by atomic mass is 10.0. The zero-order valence-corrected chi connectivity index (χ0v) is 18.0. The van der Waals surface area contributed by atoms with E-state index in [1.54, 1.807) is 24.3 Å². The van der Waals surface area contributed by atoms with Gasteiger partial charge < -0.3 is 14.8 Å². The molecule has 0 spiro atoms. The zero-order valence-electron chi connectivity index (χ0n) is 17.2. The largest absolute Gasteiger partial charge is 0.573 e. The van der Waals surface area contributed by atoms with Crippen molar-refractivity contribution < 1.29 is 32.2 Å². The molecule has 2 aromatic rings. The molecule has 10 heteroatoms. The SMILES string of the molecule is CC(C)OCCN1C(=O)C(Nc2cccc(OC(F)(F)F)c2)=C(c2ccc(Cl)cc2)C1=O. The molecule has 0 atom stereocenters. The quantitative estimate of drug-likeness (QED) is 0.561. The van der Waals surface area contributed by atoms with E-state index in [9.17, 15) is 22.8 Å². The summed E-state index contributed by atoms with van der Waals surface area (Å²) in [6.45, 7) is 3.82. The summed E-state index contributed by atoms with van der Waals surface area (Å²) < 4.78 is 47.0. The van der Waals surface area contributed by atoms with Crippen LogP contribution < -0.4 is 10.1 Å². The summed E-state index contributed by atoms with van der Waals surface area (Å²) in [7, 11) is 0. The first-order chi connectivity index (χ1) is 15.0. The van der Waals surface area contributed by atoms with Crippen molar-refractivity contribution in [1.29, 1.82) is 0 Å². The number of anilines is 1. The fourth-order valence-corrected chi connectivity index (χ4v) is 3.20. The van der Waals surface area contributed by atoms with Gasteiger partial charge >= 0.3 is 6.36 Å². The van der Waals surface area contributed by atoms with Gasteiger partial charge in [-0.15, -0.1) is 13.2 Å². The van der Waals surface area contributed by atoms with Crippen molar-refractivity contribution in [3.8, 4) is 5.75 Å². The van der Waals surface area contributed by atoms with Crippen LogP contribution >= 0.6 is 11.6 Å². The van der Waals surface area contributed by atoms with Crippen LogP contribution in [-0.4, -0.2) is 42.3 Å². The minimum Gasteiger partial charge on any atom is -0.406 e. The molecule has 6 nitrogen and oxygen atoms in total. The Balaban J connectivity index is 1.94. The molecular weight excluding hydrogens is 449 g/mol. The van der Waals surface area contributed by atoms with E-state index in [2.05, 4.69) is 10.1 Å². The van der Waals surface area contributed by atoms with Gasteiger partial charge in [-0.3, -0.25) is 14.5 Å². The van der Waals surface area contributed by atoms with E-state index in [0.717, 1.165) is 17.0 Å². The average Bonchev–Trinajstić information content (AvgIpc) is 2.92. The summed E-state index contributed by atoms with van der Waals surface area (Å²) in [5.41, 5.74) is 0.601. The van der Waals surface area contributed by atoms with E-state index in [-0.39, 0.29) is 36.2 Å². The van der Waals surface area contributed by atoms with Crippen LogP contribution in [0.4, 0.5) is 18.9 Å². The van der Waals surface area contributed by atoms with Crippen LogP contribution in [0.1, 0.15) is 19.4 Å². The summed E-state index contributed by atoms with van der Waals surface area (Å²) in [5.74, 6) is -1.63. The number of hydrogen-bond donors (Lipinski definition) is 1. The number of halogens is 4. The molecule has 170 valence electrons. The second kappa shape index (κ2) is 9.62. The number of amides is 2. The van der Waals surface area contributed by atoms with Crippen LogP contribution in [0.25, 0.3) is 5.57 Å². The van der Waals surface area contributed by atoms with Gasteiger partial charge in [0, 0.05) is 16.8 Å². The fraction of sp³-hybridized carbons (Fsp3) is 0.273. The van der Waals surface area contributed by atoms with Crippen molar-refractivity contribution in [1.82, 2.24) is 4.90 Å². The third-order valence-electron chi connectivity index (χ3n) is 4.40. The van der Waals surface area contributed by atoms with Gasteiger partial charge in [-0.25, -0.2) is 0 Å². The number of ether oxygens (including phenoxy) is 2. The standard InChI is InChI=1S/C22H20ClF3N2O4/c1-13(2)31-11-10-28-20(29)18(14-6-8-15(23)9-7-14)19(21(28)30)27-16-4-3-5-17(12-16)32-22(24,25)26/h3-9,12-13,27H,10-11H2,1-2H3. The molecule has 2 aromatic carbocycles. The van der Waals surface area contributed by atoms with Gasteiger partial charge in [0.25, 0.3) is 11.8 Å². The molecule has 0 aliphatic carbocycles. The average molecular weight is 469 g/mol. The van der Waals surface area contributed by atoms with E-state index < -0.39 is 23.9 Å². The van der Waals surface area contributed by atoms with E-state index in [0.29, 0.717) is 10.6 Å². The van der Waals surface area contributed by atoms with E-state index in [4.69, 9.17) is 16.3 Å². The van der Waals surface area contributed by atoms with Crippen molar-refractivity contribution in [2.45, 2.75) is 26.3 Å². The number of nitrogens with one attached hydrogen (secondary N) is 1. The van der Waals surface area contributed by atoms with Crippen LogP contribution in [0, 0.1) is 0 Å². The number of benzene rings is 2. The number of carbonyl (C=O) groups is 2. The predicted octanol–water partition coefficient (Wildman–Crippen LogP) is 4.86. The Morgan fingerprint density at radius 1 is 1.06 bits per heavy atom. The molecule has 1 aliphatic rings. The molecule has 1 aliphatic heterocycles. The van der Waals surface area contributed by atoms with E-state index in [1.807, 2.05) is 13.8 Å². The van der Waals surface area contributed by atoms with Gasteiger partial charge in [-0.2, -0.15) is 0 Å². The lowest BCUT2D eigenvalue weighted by Gasteiger charge is -2.16. The highest BCUT2D eigenvalue weighted by molar-refractivity contribution is 6.36. The highest BCUT2D eigenvalue weighted by Gasteiger charge is 2.39. The Hall–Kier alpha value is -3.04. The van der Waals surface area contributed by atoms with Crippen LogP contribution in [0.2, 0.25) is 5.02 Å². The van der Waals surface area contributed by atoms with Gasteiger partial charge in [-0.1, -0.05) is 29.8 Å². The molecule has 1 heterocycles. The summed E-state index contributed by atoms with van der Waals surface area (Å²) >= 11 is 5.93. The van der Waals surface area contributed by atoms with Crippen molar-refractivity contribution in [2.24, 2.45) is 0 Å². The first-order valence-corrected chi connectivity index (χ1v) is 10.0. The Kier molecular flexibility index (Phi) is 7.10. The number of nitrogens with zero attached hydrogens (tertiary/aromatic N) is 1. The maximum Gasteiger partial charge on any atom is 0.573 e. The third-order valence-corrected chi connectivity index (χ3v) is 4.66. The lowest BCUT2D eigenvalue weighted by molar-refractivity contribution is -0.274. The number of alkyl halides is 3. The summed E-state index contributed by atoms with van der Waals surface area (Å²) in [5, 5.41) is 3.23. The predicted molar refractivity (Wildman–Crippen MR) is 113 cm³/mol. The second-order valence-electron chi connectivity index (χ2n) is 7.14. The van der Waals surface area contributed by atoms with Crippen LogP contribution in [-0.2, 0) is 14.3 Å². The highest BCUT2D eigenvalue weighted by atomic mass is 35.5. The van der Waals surface area contributed by atoms with Crippen LogP contribution in [0.3, 0.4) is 0 Å². The maximum atomic E-state index is 13.1. The van der Waals surface area contributed by atoms with Crippen LogP contribution in [0.15, 0.2) is 54.2 Å². The van der Waals surface area contributed by atoms with Crippen molar-refractivity contribution in [3.63, 3.8) is 0 Å².